The minimum atomic E-state index is -0.353. The Labute approximate surface area is 176 Å². The second-order valence-corrected chi connectivity index (χ2v) is 6.96. The summed E-state index contributed by atoms with van der Waals surface area (Å²) in [7, 11) is 3.05. The fourth-order valence-electron chi connectivity index (χ4n) is 3.11. The molecule has 154 valence electrons. The highest BCUT2D eigenvalue weighted by Crippen LogP contribution is 2.39. The van der Waals surface area contributed by atoms with Crippen molar-refractivity contribution in [2.24, 2.45) is 0 Å². The maximum atomic E-state index is 12.4. The molecule has 0 spiro atoms. The van der Waals surface area contributed by atoms with Crippen molar-refractivity contribution < 1.29 is 23.7 Å². The van der Waals surface area contributed by atoms with Gasteiger partial charge in [0.2, 0.25) is 5.75 Å². The van der Waals surface area contributed by atoms with Crippen LogP contribution in [0.2, 0.25) is 0 Å². The van der Waals surface area contributed by atoms with E-state index in [2.05, 4.69) is 4.90 Å². The average molecular weight is 416 g/mol. The van der Waals surface area contributed by atoms with Crippen LogP contribution in [0.4, 0.5) is 0 Å². The Balaban J connectivity index is 1.75. The maximum absolute atomic E-state index is 12.4. The SMILES string of the molecule is COc1cc(C(=S)N2CCOCC2)cc(OC)c1OC(=O)CCc1ccccc1. The van der Waals surface area contributed by atoms with Crippen LogP contribution in [0.25, 0.3) is 0 Å². The first-order valence-corrected chi connectivity index (χ1v) is 9.91. The average Bonchev–Trinajstić information content (AvgIpc) is 2.78. The molecule has 2 aromatic carbocycles. The third-order valence-electron chi connectivity index (χ3n) is 4.68. The number of hydrogen-bond donors (Lipinski definition) is 0. The molecule has 29 heavy (non-hydrogen) atoms. The van der Waals surface area contributed by atoms with E-state index in [-0.39, 0.29) is 18.1 Å². The molecular weight excluding hydrogens is 390 g/mol. The molecule has 6 nitrogen and oxygen atoms in total. The van der Waals surface area contributed by atoms with E-state index in [1.165, 1.54) is 14.2 Å². The fraction of sp³-hybridized carbons (Fsp3) is 0.364. The number of thiocarbonyl (C=S) groups is 1. The van der Waals surface area contributed by atoms with Crippen molar-refractivity contribution >= 4 is 23.2 Å². The first kappa shape index (κ1) is 21.1. The highest BCUT2D eigenvalue weighted by atomic mass is 32.1. The topological polar surface area (TPSA) is 57.2 Å². The molecule has 0 radical (unpaired) electrons. The smallest absolute Gasteiger partial charge is 0.311 e. The molecule has 0 N–H and O–H groups in total. The summed E-state index contributed by atoms with van der Waals surface area (Å²) in [4.78, 5) is 15.2. The Hall–Kier alpha value is -2.64. The van der Waals surface area contributed by atoms with Crippen molar-refractivity contribution in [2.45, 2.75) is 12.8 Å². The Kier molecular flexibility index (Phi) is 7.43. The summed E-state index contributed by atoms with van der Waals surface area (Å²) in [6.45, 7) is 2.76. The molecule has 7 heteroatoms. The van der Waals surface area contributed by atoms with Crippen LogP contribution in [0.1, 0.15) is 17.5 Å². The number of ether oxygens (including phenoxy) is 4. The predicted octanol–water partition coefficient (Wildman–Crippen LogP) is 3.25. The minimum Gasteiger partial charge on any atom is -0.493 e. The maximum Gasteiger partial charge on any atom is 0.311 e. The number of benzene rings is 2. The van der Waals surface area contributed by atoms with E-state index in [1.807, 2.05) is 30.3 Å². The van der Waals surface area contributed by atoms with Gasteiger partial charge in [-0.1, -0.05) is 42.5 Å². The van der Waals surface area contributed by atoms with Gasteiger partial charge in [0.05, 0.1) is 27.4 Å². The number of methoxy groups -OCH3 is 2. The van der Waals surface area contributed by atoms with Gasteiger partial charge in [-0.05, 0) is 24.1 Å². The van der Waals surface area contributed by atoms with Crippen LogP contribution >= 0.6 is 12.2 Å². The second-order valence-electron chi connectivity index (χ2n) is 6.57. The van der Waals surface area contributed by atoms with Crippen LogP contribution in [0.15, 0.2) is 42.5 Å². The highest BCUT2D eigenvalue weighted by Gasteiger charge is 2.22. The van der Waals surface area contributed by atoms with Crippen molar-refractivity contribution in [3.05, 3.63) is 53.6 Å². The van der Waals surface area contributed by atoms with Crippen LogP contribution in [0.3, 0.4) is 0 Å². The normalized spacial score (nSPS) is 13.7. The molecule has 0 amide bonds. The molecule has 1 aliphatic heterocycles. The van der Waals surface area contributed by atoms with Gasteiger partial charge in [0.25, 0.3) is 0 Å². The van der Waals surface area contributed by atoms with Gasteiger partial charge in [0.1, 0.15) is 4.99 Å². The van der Waals surface area contributed by atoms with E-state index in [9.17, 15) is 4.79 Å². The second kappa shape index (κ2) is 10.2. The van der Waals surface area contributed by atoms with Gasteiger partial charge in [-0.2, -0.15) is 0 Å². The molecule has 1 fully saturated rings. The zero-order valence-electron chi connectivity index (χ0n) is 16.7. The van der Waals surface area contributed by atoms with Crippen molar-refractivity contribution in [2.75, 3.05) is 40.5 Å². The van der Waals surface area contributed by atoms with Crippen molar-refractivity contribution in [1.82, 2.24) is 4.90 Å². The zero-order valence-corrected chi connectivity index (χ0v) is 17.5. The molecule has 1 saturated heterocycles. The van der Waals surface area contributed by atoms with E-state index < -0.39 is 0 Å². The first-order chi connectivity index (χ1) is 14.1. The molecule has 2 aromatic rings. The molecule has 3 rings (SSSR count). The lowest BCUT2D eigenvalue weighted by molar-refractivity contribution is -0.134. The lowest BCUT2D eigenvalue weighted by Gasteiger charge is -2.29. The number of rotatable bonds is 7. The molecule has 1 aliphatic rings. The Morgan fingerprint density at radius 3 is 2.28 bits per heavy atom. The van der Waals surface area contributed by atoms with Gasteiger partial charge in [-0.25, -0.2) is 0 Å². The molecule has 1 heterocycles. The van der Waals surface area contributed by atoms with Crippen LogP contribution in [-0.4, -0.2) is 56.4 Å². The number of hydrogen-bond acceptors (Lipinski definition) is 6. The van der Waals surface area contributed by atoms with Gasteiger partial charge in [0.15, 0.2) is 11.5 Å². The lowest BCUT2D eigenvalue weighted by atomic mass is 10.1. The predicted molar refractivity (Wildman–Crippen MR) is 114 cm³/mol. The van der Waals surface area contributed by atoms with Crippen LogP contribution in [-0.2, 0) is 16.0 Å². The van der Waals surface area contributed by atoms with Gasteiger partial charge in [0, 0.05) is 25.1 Å². The molecular formula is C22H25NO5S. The Morgan fingerprint density at radius 1 is 1.07 bits per heavy atom. The Bertz CT molecular complexity index is 825. The first-order valence-electron chi connectivity index (χ1n) is 9.50. The third kappa shape index (κ3) is 5.46. The third-order valence-corrected chi connectivity index (χ3v) is 5.18. The molecule has 0 atom stereocenters. The lowest BCUT2D eigenvalue weighted by Crippen LogP contribution is -2.40. The molecule has 0 saturated carbocycles. The largest absolute Gasteiger partial charge is 0.493 e. The van der Waals surface area contributed by atoms with Crippen LogP contribution < -0.4 is 14.2 Å². The van der Waals surface area contributed by atoms with Gasteiger partial charge in [-0.3, -0.25) is 4.79 Å². The number of carbonyl (C=O) groups excluding carboxylic acids is 1. The molecule has 0 unspecified atom stereocenters. The number of aryl methyl sites for hydroxylation is 1. The van der Waals surface area contributed by atoms with E-state index in [4.69, 9.17) is 31.2 Å². The molecule has 0 aliphatic carbocycles. The van der Waals surface area contributed by atoms with E-state index in [0.29, 0.717) is 36.1 Å². The summed E-state index contributed by atoms with van der Waals surface area (Å²) in [6.07, 6.45) is 0.855. The summed E-state index contributed by atoms with van der Waals surface area (Å²) in [6, 6.07) is 13.4. The summed E-state index contributed by atoms with van der Waals surface area (Å²) in [5.74, 6) is 0.724. The van der Waals surface area contributed by atoms with E-state index >= 15 is 0 Å². The van der Waals surface area contributed by atoms with E-state index in [0.717, 1.165) is 24.2 Å². The summed E-state index contributed by atoms with van der Waals surface area (Å²) >= 11 is 5.63. The number of esters is 1. The quantitative estimate of drug-likeness (QED) is 0.391. The van der Waals surface area contributed by atoms with Gasteiger partial charge < -0.3 is 23.8 Å². The molecule has 0 bridgehead atoms. The number of morpholine rings is 1. The fourth-order valence-corrected chi connectivity index (χ4v) is 3.41. The van der Waals surface area contributed by atoms with E-state index in [1.54, 1.807) is 12.1 Å². The summed E-state index contributed by atoms with van der Waals surface area (Å²) in [5.41, 5.74) is 1.86. The summed E-state index contributed by atoms with van der Waals surface area (Å²) in [5, 5.41) is 0. The minimum absolute atomic E-state index is 0.254. The Morgan fingerprint density at radius 2 is 1.69 bits per heavy atom. The van der Waals surface area contributed by atoms with Crippen LogP contribution in [0.5, 0.6) is 17.2 Å². The number of carbonyl (C=O) groups is 1. The standard InChI is InChI=1S/C22H25NO5S/c1-25-18-14-17(22(29)23-10-12-27-13-11-23)15-19(26-2)21(18)28-20(24)9-8-16-6-4-3-5-7-16/h3-7,14-15H,8-13H2,1-2H3. The van der Waals surface area contributed by atoms with Gasteiger partial charge >= 0.3 is 5.97 Å². The highest BCUT2D eigenvalue weighted by molar-refractivity contribution is 7.80. The van der Waals surface area contributed by atoms with Crippen molar-refractivity contribution in [3.63, 3.8) is 0 Å². The monoisotopic (exact) mass is 415 g/mol. The van der Waals surface area contributed by atoms with Crippen molar-refractivity contribution in [3.8, 4) is 17.2 Å². The molecule has 0 aromatic heterocycles. The summed E-state index contributed by atoms with van der Waals surface area (Å²) < 4.78 is 21.9. The van der Waals surface area contributed by atoms with Gasteiger partial charge in [-0.15, -0.1) is 0 Å². The van der Waals surface area contributed by atoms with Crippen molar-refractivity contribution in [1.29, 1.82) is 0 Å². The number of nitrogens with zero attached hydrogens (tertiary/aromatic N) is 1. The van der Waals surface area contributed by atoms with Crippen LogP contribution in [0, 0.1) is 0 Å². The zero-order chi connectivity index (χ0) is 20.6.